The van der Waals surface area contributed by atoms with Crippen LogP contribution in [0.3, 0.4) is 0 Å². The second-order valence-electron chi connectivity index (χ2n) is 4.37. The van der Waals surface area contributed by atoms with Crippen molar-refractivity contribution in [2.24, 2.45) is 11.3 Å². The summed E-state index contributed by atoms with van der Waals surface area (Å²) in [6, 6.07) is 0. The first-order valence-corrected chi connectivity index (χ1v) is 5.32. The van der Waals surface area contributed by atoms with Gasteiger partial charge in [0.05, 0.1) is 0 Å². The first-order valence-electron chi connectivity index (χ1n) is 5.32. The summed E-state index contributed by atoms with van der Waals surface area (Å²) in [5.41, 5.74) is 1.15. The lowest BCUT2D eigenvalue weighted by atomic mass is 9.86. The molecule has 2 atom stereocenters. The molecule has 16 heavy (non-hydrogen) atoms. The van der Waals surface area contributed by atoms with E-state index in [-0.39, 0.29) is 5.41 Å². The zero-order chi connectivity index (χ0) is 11.2. The summed E-state index contributed by atoms with van der Waals surface area (Å²) in [4.78, 5) is 13.6. The number of rotatable bonds is 3. The van der Waals surface area contributed by atoms with Gasteiger partial charge in [0, 0.05) is 11.0 Å². The predicted octanol–water partition coefficient (Wildman–Crippen LogP) is 1.90. The molecule has 1 aromatic rings. The van der Waals surface area contributed by atoms with Crippen LogP contribution in [0.4, 0.5) is 0 Å². The number of aromatic nitrogens is 2. The molecule has 0 radical (unpaired) electrons. The zero-order valence-corrected chi connectivity index (χ0v) is 8.77. The first kappa shape index (κ1) is 9.39. The minimum absolute atomic E-state index is 0.0936. The molecule has 82 valence electrons. The molecule has 2 aliphatic carbocycles. The molecule has 4 nitrogen and oxygen atoms in total. The van der Waals surface area contributed by atoms with Gasteiger partial charge in [-0.25, -0.2) is 4.79 Å². The molecule has 4 heteroatoms. The highest BCUT2D eigenvalue weighted by Gasteiger charge is 2.56. The molecule has 1 aromatic heterocycles. The van der Waals surface area contributed by atoms with Crippen molar-refractivity contribution in [1.29, 1.82) is 0 Å². The van der Waals surface area contributed by atoms with Crippen LogP contribution in [0.2, 0.25) is 0 Å². The van der Waals surface area contributed by atoms with Gasteiger partial charge in [0.25, 0.3) is 0 Å². The monoisotopic (exact) mass is 216 g/mol. The lowest BCUT2D eigenvalue weighted by Gasteiger charge is -2.18. The van der Waals surface area contributed by atoms with Crippen molar-refractivity contribution in [3.8, 4) is 0 Å². The second kappa shape index (κ2) is 3.07. The molecule has 2 unspecified atom stereocenters. The standard InChI is InChI=1S/C12H12N2O2/c1-2-6-12-7-8(12)4-3-5-9(12)10-13-11(15)16-14-10/h2-5,8H,1,6-7H2,(H,13,14,15). The highest BCUT2D eigenvalue weighted by molar-refractivity contribution is 5.72. The highest BCUT2D eigenvalue weighted by Crippen LogP contribution is 2.64. The van der Waals surface area contributed by atoms with Gasteiger partial charge in [0.2, 0.25) is 0 Å². The molecule has 0 spiro atoms. The Bertz CT molecular complexity index is 549. The minimum Gasteiger partial charge on any atom is -0.296 e. The van der Waals surface area contributed by atoms with Crippen LogP contribution in [-0.2, 0) is 0 Å². The number of allylic oxidation sites excluding steroid dienone is 5. The third kappa shape index (κ3) is 1.16. The smallest absolute Gasteiger partial charge is 0.296 e. The van der Waals surface area contributed by atoms with Crippen molar-refractivity contribution in [3.05, 3.63) is 47.3 Å². The average Bonchev–Trinajstić information content (AvgIpc) is 2.84. The van der Waals surface area contributed by atoms with Crippen molar-refractivity contribution in [2.45, 2.75) is 12.8 Å². The Hall–Kier alpha value is -1.84. The van der Waals surface area contributed by atoms with Crippen LogP contribution < -0.4 is 5.76 Å². The summed E-state index contributed by atoms with van der Waals surface area (Å²) >= 11 is 0. The molecule has 0 aliphatic heterocycles. The SMILES string of the molecule is C=CCC12CC1C=CC=C2c1noc(=O)[nH]1. The maximum absolute atomic E-state index is 11.0. The van der Waals surface area contributed by atoms with Gasteiger partial charge >= 0.3 is 5.76 Å². The highest BCUT2D eigenvalue weighted by atomic mass is 16.5. The topological polar surface area (TPSA) is 58.9 Å². The number of hydrogen-bond acceptors (Lipinski definition) is 3. The average molecular weight is 216 g/mol. The Balaban J connectivity index is 2.05. The third-order valence-corrected chi connectivity index (χ3v) is 3.48. The van der Waals surface area contributed by atoms with Gasteiger partial charge in [0.1, 0.15) is 0 Å². The van der Waals surface area contributed by atoms with Crippen LogP contribution in [0.15, 0.2) is 40.2 Å². The van der Waals surface area contributed by atoms with Crippen LogP contribution >= 0.6 is 0 Å². The van der Waals surface area contributed by atoms with Gasteiger partial charge in [-0.1, -0.05) is 29.5 Å². The van der Waals surface area contributed by atoms with E-state index >= 15 is 0 Å². The molecule has 1 saturated carbocycles. The van der Waals surface area contributed by atoms with Crippen LogP contribution in [0.5, 0.6) is 0 Å². The van der Waals surface area contributed by atoms with Crippen molar-refractivity contribution in [1.82, 2.24) is 10.1 Å². The maximum Gasteiger partial charge on any atom is 0.439 e. The quantitative estimate of drug-likeness (QED) is 0.785. The Morgan fingerprint density at radius 2 is 2.62 bits per heavy atom. The van der Waals surface area contributed by atoms with Crippen molar-refractivity contribution in [3.63, 3.8) is 0 Å². The normalized spacial score (nSPS) is 30.8. The van der Waals surface area contributed by atoms with E-state index in [9.17, 15) is 4.79 Å². The van der Waals surface area contributed by atoms with Crippen molar-refractivity contribution >= 4 is 5.57 Å². The van der Waals surface area contributed by atoms with E-state index in [2.05, 4.69) is 27.3 Å². The fourth-order valence-corrected chi connectivity index (χ4v) is 2.61. The fourth-order valence-electron chi connectivity index (χ4n) is 2.61. The van der Waals surface area contributed by atoms with E-state index < -0.39 is 5.76 Å². The summed E-state index contributed by atoms with van der Waals surface area (Å²) < 4.78 is 4.56. The number of aromatic amines is 1. The molecular formula is C12H12N2O2. The molecule has 0 amide bonds. The summed E-state index contributed by atoms with van der Waals surface area (Å²) in [6.45, 7) is 3.79. The van der Waals surface area contributed by atoms with E-state index in [4.69, 9.17) is 0 Å². The van der Waals surface area contributed by atoms with Gasteiger partial charge in [-0.05, 0) is 18.8 Å². The maximum atomic E-state index is 11.0. The fraction of sp³-hybridized carbons (Fsp3) is 0.333. The Labute approximate surface area is 92.3 Å². The molecule has 0 saturated heterocycles. The molecule has 0 bridgehead atoms. The van der Waals surface area contributed by atoms with Crippen LogP contribution in [0, 0.1) is 11.3 Å². The molecule has 1 N–H and O–H groups in total. The molecule has 3 rings (SSSR count). The van der Waals surface area contributed by atoms with Crippen LogP contribution in [0.1, 0.15) is 18.7 Å². The molecule has 1 fully saturated rings. The van der Waals surface area contributed by atoms with Crippen molar-refractivity contribution < 1.29 is 4.52 Å². The Morgan fingerprint density at radius 3 is 3.31 bits per heavy atom. The summed E-state index contributed by atoms with van der Waals surface area (Å²) in [5.74, 6) is 0.598. The Morgan fingerprint density at radius 1 is 1.75 bits per heavy atom. The number of nitrogens with one attached hydrogen (secondary N) is 1. The predicted molar refractivity (Wildman–Crippen MR) is 59.6 cm³/mol. The van der Waals surface area contributed by atoms with E-state index in [1.807, 2.05) is 18.2 Å². The number of H-pyrrole nitrogens is 1. The van der Waals surface area contributed by atoms with Crippen LogP contribution in [-0.4, -0.2) is 10.1 Å². The van der Waals surface area contributed by atoms with Crippen LogP contribution in [0.25, 0.3) is 5.57 Å². The van der Waals surface area contributed by atoms with Gasteiger partial charge in [-0.15, -0.1) is 6.58 Å². The molecule has 1 heterocycles. The molecule has 2 aliphatic rings. The van der Waals surface area contributed by atoms with Gasteiger partial charge < -0.3 is 0 Å². The third-order valence-electron chi connectivity index (χ3n) is 3.48. The van der Waals surface area contributed by atoms with E-state index in [1.54, 1.807) is 0 Å². The first-order chi connectivity index (χ1) is 7.76. The lowest BCUT2D eigenvalue weighted by molar-refractivity contribution is 0.384. The lowest BCUT2D eigenvalue weighted by Crippen LogP contribution is -2.10. The number of hydrogen-bond donors (Lipinski definition) is 1. The van der Waals surface area contributed by atoms with E-state index in [0.717, 1.165) is 18.4 Å². The molecular weight excluding hydrogens is 204 g/mol. The Kier molecular flexibility index (Phi) is 1.80. The van der Waals surface area contributed by atoms with Gasteiger partial charge in [-0.2, -0.15) is 0 Å². The number of fused-ring (bicyclic) bond motifs is 1. The minimum atomic E-state index is -0.503. The largest absolute Gasteiger partial charge is 0.439 e. The van der Waals surface area contributed by atoms with Crippen molar-refractivity contribution in [2.75, 3.05) is 0 Å². The van der Waals surface area contributed by atoms with E-state index in [1.165, 1.54) is 0 Å². The number of nitrogens with zero attached hydrogens (tertiary/aromatic N) is 1. The second-order valence-corrected chi connectivity index (χ2v) is 4.37. The van der Waals surface area contributed by atoms with E-state index in [0.29, 0.717) is 11.7 Å². The summed E-state index contributed by atoms with van der Waals surface area (Å²) in [7, 11) is 0. The summed E-state index contributed by atoms with van der Waals surface area (Å²) in [6.07, 6.45) is 10.1. The molecule has 0 aromatic carbocycles. The zero-order valence-electron chi connectivity index (χ0n) is 8.77. The summed E-state index contributed by atoms with van der Waals surface area (Å²) in [5, 5.41) is 3.76. The van der Waals surface area contributed by atoms with Gasteiger partial charge in [0.15, 0.2) is 5.82 Å². The van der Waals surface area contributed by atoms with Gasteiger partial charge in [-0.3, -0.25) is 9.51 Å².